The third-order valence-electron chi connectivity index (χ3n) is 5.76. The number of primary amides is 1. The molecule has 0 unspecified atom stereocenters. The SMILES string of the molecule is Cc1cc2cc(C[C@@H](C)NCCOc3cc(F)ccc3OCC(F)(F)F)cc(C(N)=O)c2n1CCCO. The number of nitrogens with zero attached hydrogens (tertiary/aromatic N) is 1. The van der Waals surface area contributed by atoms with Crippen LogP contribution in [0.15, 0.2) is 36.4 Å². The first-order valence-corrected chi connectivity index (χ1v) is 11.9. The number of halogens is 4. The molecule has 0 bridgehead atoms. The average molecular weight is 526 g/mol. The molecular formula is C26H31F4N3O4. The smallest absolute Gasteiger partial charge is 0.422 e. The van der Waals surface area contributed by atoms with Gasteiger partial charge in [0.1, 0.15) is 12.4 Å². The molecule has 0 aliphatic rings. The summed E-state index contributed by atoms with van der Waals surface area (Å²) >= 11 is 0. The number of nitrogens with two attached hydrogens (primary N) is 1. The van der Waals surface area contributed by atoms with E-state index in [1.165, 1.54) is 0 Å². The molecule has 3 aromatic rings. The van der Waals surface area contributed by atoms with Gasteiger partial charge in [-0.3, -0.25) is 4.79 Å². The van der Waals surface area contributed by atoms with Crippen LogP contribution in [0, 0.1) is 12.7 Å². The van der Waals surface area contributed by atoms with Crippen molar-refractivity contribution in [2.24, 2.45) is 5.73 Å². The predicted molar refractivity (Wildman–Crippen MR) is 132 cm³/mol. The molecule has 0 spiro atoms. The number of rotatable bonds is 13. The molecule has 0 fully saturated rings. The molecule has 3 rings (SSSR count). The minimum Gasteiger partial charge on any atom is -0.488 e. The summed E-state index contributed by atoms with van der Waals surface area (Å²) in [6.45, 7) is 3.36. The fourth-order valence-electron chi connectivity index (χ4n) is 4.20. The van der Waals surface area contributed by atoms with E-state index in [0.29, 0.717) is 31.5 Å². The third-order valence-corrected chi connectivity index (χ3v) is 5.76. The maximum absolute atomic E-state index is 13.6. The largest absolute Gasteiger partial charge is 0.488 e. The van der Waals surface area contributed by atoms with Crippen LogP contribution in [0.5, 0.6) is 11.5 Å². The predicted octanol–water partition coefficient (Wildman–Crippen LogP) is 4.11. The molecule has 11 heteroatoms. The highest BCUT2D eigenvalue weighted by Crippen LogP contribution is 2.30. The highest BCUT2D eigenvalue weighted by molar-refractivity contribution is 6.05. The van der Waals surface area contributed by atoms with E-state index in [0.717, 1.165) is 40.4 Å². The molecule has 1 aromatic heterocycles. The number of amides is 1. The summed E-state index contributed by atoms with van der Waals surface area (Å²) in [5, 5.41) is 13.3. The number of hydrogen-bond acceptors (Lipinski definition) is 5. The first kappa shape index (κ1) is 28.3. The zero-order chi connectivity index (χ0) is 27.2. The van der Waals surface area contributed by atoms with Crippen molar-refractivity contribution in [1.29, 1.82) is 0 Å². The first-order chi connectivity index (χ1) is 17.5. The second-order valence-corrected chi connectivity index (χ2v) is 8.86. The maximum atomic E-state index is 13.6. The minimum atomic E-state index is -4.53. The Balaban J connectivity index is 1.62. The van der Waals surface area contributed by atoms with Crippen molar-refractivity contribution in [3.05, 3.63) is 59.0 Å². The Morgan fingerprint density at radius 1 is 1.16 bits per heavy atom. The number of ether oxygens (including phenoxy) is 2. The number of carbonyl (C=O) groups excluding carboxylic acids is 1. The summed E-state index contributed by atoms with van der Waals surface area (Å²) in [4.78, 5) is 12.2. The van der Waals surface area contributed by atoms with Crippen LogP contribution in [-0.2, 0) is 13.0 Å². The summed E-state index contributed by atoms with van der Waals surface area (Å²) in [6.07, 6.45) is -3.41. The number of aryl methyl sites for hydroxylation is 2. The summed E-state index contributed by atoms with van der Waals surface area (Å²) in [5.41, 5.74) is 8.69. The van der Waals surface area contributed by atoms with Gasteiger partial charge in [-0.15, -0.1) is 0 Å². The Labute approximate surface area is 212 Å². The molecule has 1 heterocycles. The summed E-state index contributed by atoms with van der Waals surface area (Å²) in [6, 6.07) is 8.76. The molecule has 1 amide bonds. The van der Waals surface area contributed by atoms with Gasteiger partial charge < -0.3 is 30.2 Å². The Morgan fingerprint density at radius 3 is 2.59 bits per heavy atom. The molecule has 0 saturated heterocycles. The van der Waals surface area contributed by atoms with E-state index < -0.39 is 24.5 Å². The van der Waals surface area contributed by atoms with Gasteiger partial charge in [-0.05, 0) is 62.6 Å². The van der Waals surface area contributed by atoms with Crippen molar-refractivity contribution in [3.63, 3.8) is 0 Å². The van der Waals surface area contributed by atoms with E-state index in [4.69, 9.17) is 15.2 Å². The molecule has 0 aliphatic carbocycles. The van der Waals surface area contributed by atoms with Crippen molar-refractivity contribution >= 4 is 16.8 Å². The lowest BCUT2D eigenvalue weighted by atomic mass is 10.0. The molecule has 2 aromatic carbocycles. The van der Waals surface area contributed by atoms with Gasteiger partial charge in [0.05, 0.1) is 11.1 Å². The number of aliphatic hydroxyl groups excluding tert-OH is 1. The first-order valence-electron chi connectivity index (χ1n) is 11.9. The van der Waals surface area contributed by atoms with Crippen LogP contribution in [0.1, 0.15) is 35.0 Å². The fourth-order valence-corrected chi connectivity index (χ4v) is 4.20. The van der Waals surface area contributed by atoms with Gasteiger partial charge in [0.25, 0.3) is 5.91 Å². The van der Waals surface area contributed by atoms with Crippen LogP contribution in [0.2, 0.25) is 0 Å². The maximum Gasteiger partial charge on any atom is 0.422 e. The standard InChI is InChI=1S/C26H31F4N3O4/c1-16(32-6-9-36-23-14-20(27)4-5-22(23)37-15-26(28,29)30)10-18-12-19-11-17(2)33(7-3-8-34)24(19)21(13-18)25(31)35/h4-5,11-14,16,32,34H,3,6-10,15H2,1-2H3,(H2,31,35)/t16-/m1/s1. The van der Waals surface area contributed by atoms with Crippen LogP contribution >= 0.6 is 0 Å². The third kappa shape index (κ3) is 7.83. The number of fused-ring (bicyclic) bond motifs is 1. The normalized spacial score (nSPS) is 12.6. The van der Waals surface area contributed by atoms with Crippen LogP contribution in [0.4, 0.5) is 17.6 Å². The molecule has 0 aliphatic heterocycles. The van der Waals surface area contributed by atoms with Gasteiger partial charge in [-0.25, -0.2) is 4.39 Å². The van der Waals surface area contributed by atoms with Gasteiger partial charge in [-0.2, -0.15) is 13.2 Å². The minimum absolute atomic E-state index is 0.0388. The molecule has 202 valence electrons. The zero-order valence-corrected chi connectivity index (χ0v) is 20.7. The van der Waals surface area contributed by atoms with Crippen LogP contribution in [0.25, 0.3) is 10.9 Å². The number of carbonyl (C=O) groups is 1. The fraction of sp³-hybridized carbons (Fsp3) is 0.423. The molecule has 0 saturated carbocycles. The van der Waals surface area contributed by atoms with Gasteiger partial charge in [0, 0.05) is 42.9 Å². The summed E-state index contributed by atoms with van der Waals surface area (Å²) in [7, 11) is 0. The lowest BCUT2D eigenvalue weighted by Crippen LogP contribution is -2.32. The number of nitrogens with one attached hydrogen (secondary N) is 1. The molecular weight excluding hydrogens is 494 g/mol. The van der Waals surface area contributed by atoms with Gasteiger partial charge >= 0.3 is 6.18 Å². The second-order valence-electron chi connectivity index (χ2n) is 8.86. The van der Waals surface area contributed by atoms with Crippen molar-refractivity contribution in [3.8, 4) is 11.5 Å². The Bertz CT molecular complexity index is 1230. The lowest BCUT2D eigenvalue weighted by molar-refractivity contribution is -0.153. The van der Waals surface area contributed by atoms with Crippen molar-refractivity contribution in [2.45, 2.75) is 45.5 Å². The number of benzene rings is 2. The molecule has 4 N–H and O–H groups in total. The lowest BCUT2D eigenvalue weighted by Gasteiger charge is -2.17. The zero-order valence-electron chi connectivity index (χ0n) is 20.7. The highest BCUT2D eigenvalue weighted by Gasteiger charge is 2.29. The van der Waals surface area contributed by atoms with Crippen molar-refractivity contribution in [2.75, 3.05) is 26.4 Å². The van der Waals surface area contributed by atoms with Crippen molar-refractivity contribution in [1.82, 2.24) is 9.88 Å². The number of hydrogen-bond donors (Lipinski definition) is 3. The average Bonchev–Trinajstić information content (AvgIpc) is 3.13. The number of alkyl halides is 3. The van der Waals surface area contributed by atoms with Crippen LogP contribution in [0.3, 0.4) is 0 Å². The second kappa shape index (κ2) is 12.3. The topological polar surface area (TPSA) is 98.7 Å². The number of aliphatic hydroxyl groups is 1. The van der Waals surface area contributed by atoms with E-state index >= 15 is 0 Å². The van der Waals surface area contributed by atoms with E-state index in [-0.39, 0.29) is 30.8 Å². The van der Waals surface area contributed by atoms with E-state index in [1.54, 1.807) is 6.07 Å². The summed E-state index contributed by atoms with van der Waals surface area (Å²) in [5.74, 6) is -1.50. The molecule has 0 radical (unpaired) electrons. The molecule has 1 atom stereocenters. The van der Waals surface area contributed by atoms with E-state index in [9.17, 15) is 27.5 Å². The van der Waals surface area contributed by atoms with Crippen molar-refractivity contribution < 1.29 is 36.9 Å². The van der Waals surface area contributed by atoms with Gasteiger partial charge in [0.2, 0.25) is 0 Å². The van der Waals surface area contributed by atoms with E-state index in [1.807, 2.05) is 30.5 Å². The van der Waals surface area contributed by atoms with Gasteiger partial charge in [0.15, 0.2) is 18.1 Å². The summed E-state index contributed by atoms with van der Waals surface area (Å²) < 4.78 is 63.1. The molecule has 7 nitrogen and oxygen atoms in total. The van der Waals surface area contributed by atoms with Gasteiger partial charge in [-0.1, -0.05) is 0 Å². The Hall–Kier alpha value is -3.31. The number of aromatic nitrogens is 1. The monoisotopic (exact) mass is 525 g/mol. The Kier molecular flexibility index (Phi) is 9.39. The molecule has 37 heavy (non-hydrogen) atoms. The van der Waals surface area contributed by atoms with E-state index in [2.05, 4.69) is 5.32 Å². The quantitative estimate of drug-likeness (QED) is 0.231. The van der Waals surface area contributed by atoms with Crippen LogP contribution < -0.4 is 20.5 Å². The Morgan fingerprint density at radius 2 is 1.92 bits per heavy atom. The van der Waals surface area contributed by atoms with Crippen LogP contribution in [-0.4, -0.2) is 54.2 Å². The highest BCUT2D eigenvalue weighted by atomic mass is 19.4.